The largest absolute Gasteiger partial charge is 0.417 e. The summed E-state index contributed by atoms with van der Waals surface area (Å²) in [5, 5.41) is 8.11. The highest BCUT2D eigenvalue weighted by Gasteiger charge is 2.51. The van der Waals surface area contributed by atoms with Gasteiger partial charge in [-0.15, -0.1) is 0 Å². The third-order valence-electron chi connectivity index (χ3n) is 22.3. The minimum atomic E-state index is -4.76. The van der Waals surface area contributed by atoms with E-state index in [-0.39, 0.29) is 82.5 Å². The van der Waals surface area contributed by atoms with Gasteiger partial charge in [0, 0.05) is 75.6 Å². The van der Waals surface area contributed by atoms with Crippen molar-refractivity contribution in [1.82, 2.24) is 60.0 Å². The van der Waals surface area contributed by atoms with E-state index in [1.54, 1.807) is 4.90 Å². The molecule has 0 unspecified atom stereocenters. The maximum atomic E-state index is 15.9. The zero-order valence-electron chi connectivity index (χ0n) is 63.3. The Labute approximate surface area is 617 Å². The van der Waals surface area contributed by atoms with E-state index in [2.05, 4.69) is 16.0 Å². The second kappa shape index (κ2) is 38.4. The molecule has 3 saturated heterocycles. The van der Waals surface area contributed by atoms with Crippen molar-refractivity contribution in [3.8, 4) is 0 Å². The number of likely N-dealkylation sites (tertiary alicyclic amines) is 1. The molecule has 0 bridgehead atoms. The number of benzene rings is 1. The summed E-state index contributed by atoms with van der Waals surface area (Å²) in [4.78, 5) is 192. The van der Waals surface area contributed by atoms with Crippen molar-refractivity contribution in [3.05, 3.63) is 34.3 Å². The van der Waals surface area contributed by atoms with E-state index in [1.165, 1.54) is 79.9 Å². The summed E-state index contributed by atoms with van der Waals surface area (Å²) < 4.78 is 47.7. The number of nitrogens with one attached hydrogen (secondary N) is 3. The molecule has 29 heteroatoms. The van der Waals surface area contributed by atoms with Crippen LogP contribution in [0.25, 0.3) is 0 Å². The Bertz CT molecular complexity index is 3190. The zero-order valence-corrected chi connectivity index (χ0v) is 64.0. The van der Waals surface area contributed by atoms with Gasteiger partial charge >= 0.3 is 6.18 Å². The number of aryl methyl sites for hydroxylation is 1. The van der Waals surface area contributed by atoms with Gasteiger partial charge in [0.15, 0.2) is 0 Å². The summed E-state index contributed by atoms with van der Waals surface area (Å²) in [6, 6.07) is -5.82. The number of amides is 12. The van der Waals surface area contributed by atoms with Crippen molar-refractivity contribution in [2.75, 3.05) is 102 Å². The number of rotatable bonds is 14. The minimum Gasteiger partial charge on any atom is -0.379 e. The lowest BCUT2D eigenvalue weighted by molar-refractivity contribution is -0.157. The van der Waals surface area contributed by atoms with E-state index >= 15 is 28.8 Å². The standard InChI is InChI=1S/C75H116ClF3N12O13/c1-48(2)33-39-104-47-56-68(98)85(7)45-63(94)83(5)46-64(95)87(9)59(42-50-24-15-12-16-25-50)70(100)84(6)44-61(92)80-55(32-30-51-29-31-53(54(76)41-51)75(77,78)79)69(99)91-38-23-28-57(91)67(97)82-74(34-19-20-35-74)73(103)89(11)65(52-26-17-13-18-27-52)72(102)88(10)60(71(101)90-36-21-14-22-37-90)43-62(93)86(8)58(40-49(3)4)66(96)81-56/h29,31,41,48-50,52,55-60,65H,12-28,30,32-40,42-47H2,1-11H3,(H,80,92)(H,81,96)(H,82,97)/t55-,56-,57-,58-,59-,60-,65-/m0/s1. The van der Waals surface area contributed by atoms with Crippen LogP contribution < -0.4 is 16.0 Å². The smallest absolute Gasteiger partial charge is 0.379 e. The van der Waals surface area contributed by atoms with Crippen LogP contribution in [0.2, 0.25) is 5.02 Å². The third kappa shape index (κ3) is 22.3. The van der Waals surface area contributed by atoms with Gasteiger partial charge in [0.05, 0.1) is 43.2 Å². The number of carbonyl (C=O) groups excluding carboxylic acids is 12. The molecule has 6 fully saturated rings. The quantitative estimate of drug-likeness (QED) is 0.169. The molecule has 7 atom stereocenters. The highest BCUT2D eigenvalue weighted by molar-refractivity contribution is 6.31. The monoisotopic (exact) mass is 1480 g/mol. The molecule has 12 amide bonds. The summed E-state index contributed by atoms with van der Waals surface area (Å²) in [6.07, 6.45) is 7.12. The van der Waals surface area contributed by atoms with E-state index in [0.29, 0.717) is 70.0 Å². The molecular formula is C75H116ClF3N12O13. The van der Waals surface area contributed by atoms with E-state index in [9.17, 15) is 41.9 Å². The van der Waals surface area contributed by atoms with Crippen LogP contribution in [-0.2, 0) is 74.9 Å². The first kappa shape index (κ1) is 84.2. The molecule has 1 aromatic carbocycles. The molecule has 3 N–H and O–H groups in total. The Morgan fingerprint density at radius 3 is 1.83 bits per heavy atom. The predicted octanol–water partition coefficient (Wildman–Crippen LogP) is 6.44. The molecule has 1 spiro atoms. The fourth-order valence-electron chi connectivity index (χ4n) is 15.9. The summed E-state index contributed by atoms with van der Waals surface area (Å²) in [5.74, 6) is -8.30. The second-order valence-electron chi connectivity index (χ2n) is 31.1. The van der Waals surface area contributed by atoms with Crippen molar-refractivity contribution < 1.29 is 75.4 Å². The normalized spacial score (nSPS) is 26.1. The maximum Gasteiger partial charge on any atom is 0.417 e. The van der Waals surface area contributed by atoms with Crippen molar-refractivity contribution >= 4 is 82.5 Å². The summed E-state index contributed by atoms with van der Waals surface area (Å²) >= 11 is 6.17. The topological polar surface area (TPSA) is 279 Å². The van der Waals surface area contributed by atoms with Gasteiger partial charge in [0.25, 0.3) is 0 Å². The van der Waals surface area contributed by atoms with Crippen LogP contribution in [0.5, 0.6) is 0 Å². The van der Waals surface area contributed by atoms with Crippen molar-refractivity contribution in [3.63, 3.8) is 0 Å². The van der Waals surface area contributed by atoms with E-state index in [0.717, 1.165) is 84.6 Å². The van der Waals surface area contributed by atoms with E-state index in [1.807, 2.05) is 27.7 Å². The fraction of sp³-hybridized carbons (Fsp3) is 0.760. The minimum absolute atomic E-state index is 0.00952. The third-order valence-corrected chi connectivity index (χ3v) is 22.6. The van der Waals surface area contributed by atoms with Crippen LogP contribution in [-0.4, -0.2) is 265 Å². The molecule has 3 saturated carbocycles. The summed E-state index contributed by atoms with van der Waals surface area (Å²) in [6.45, 7) is 6.63. The zero-order chi connectivity index (χ0) is 76.5. The molecular weight excluding hydrogens is 1370 g/mol. The fourth-order valence-corrected chi connectivity index (χ4v) is 16.2. The molecule has 0 aromatic heterocycles. The number of carbonyl (C=O) groups is 12. The molecule has 104 heavy (non-hydrogen) atoms. The molecule has 7 rings (SSSR count). The van der Waals surface area contributed by atoms with Gasteiger partial charge in [-0.25, -0.2) is 0 Å². The molecule has 3 aliphatic carbocycles. The van der Waals surface area contributed by atoms with Crippen molar-refractivity contribution in [2.24, 2.45) is 23.7 Å². The Morgan fingerprint density at radius 2 is 1.21 bits per heavy atom. The first-order valence-electron chi connectivity index (χ1n) is 37.9. The Kier molecular flexibility index (Phi) is 31.1. The molecule has 1 aromatic rings. The van der Waals surface area contributed by atoms with Gasteiger partial charge in [-0.3, -0.25) is 57.5 Å². The Balaban J connectivity index is 1.29. The van der Waals surface area contributed by atoms with Gasteiger partial charge in [0.1, 0.15) is 47.8 Å². The van der Waals surface area contributed by atoms with Crippen LogP contribution >= 0.6 is 11.6 Å². The van der Waals surface area contributed by atoms with Gasteiger partial charge < -0.3 is 64.8 Å². The average molecular weight is 1490 g/mol. The van der Waals surface area contributed by atoms with Crippen LogP contribution in [0.3, 0.4) is 0 Å². The number of nitrogens with zero attached hydrogens (tertiary/aromatic N) is 9. The predicted molar refractivity (Wildman–Crippen MR) is 384 cm³/mol. The number of hydrogen-bond acceptors (Lipinski definition) is 13. The number of piperidine rings is 1. The molecule has 0 radical (unpaired) electrons. The van der Waals surface area contributed by atoms with E-state index < -0.39 is 167 Å². The lowest BCUT2D eigenvalue weighted by Gasteiger charge is -2.43. The Morgan fingerprint density at radius 1 is 0.606 bits per heavy atom. The number of alkyl halides is 3. The average Bonchev–Trinajstić information content (AvgIpc) is 1.56. The molecule has 3 heterocycles. The van der Waals surface area contributed by atoms with E-state index in [4.69, 9.17) is 16.3 Å². The maximum absolute atomic E-state index is 15.9. The van der Waals surface area contributed by atoms with Gasteiger partial charge in [-0.2, -0.15) is 13.2 Å². The summed E-state index contributed by atoms with van der Waals surface area (Å²) in [5.41, 5.74) is -2.35. The van der Waals surface area contributed by atoms with Crippen LogP contribution in [0.4, 0.5) is 13.2 Å². The number of halogens is 4. The van der Waals surface area contributed by atoms with Crippen molar-refractivity contribution in [2.45, 2.75) is 242 Å². The molecule has 3 aliphatic heterocycles. The second-order valence-corrected chi connectivity index (χ2v) is 31.5. The number of ether oxygens (including phenoxy) is 1. The van der Waals surface area contributed by atoms with Crippen LogP contribution in [0, 0.1) is 23.7 Å². The Hall–Kier alpha value is -7.10. The number of fused-ring (bicyclic) bond motifs is 1. The molecule has 582 valence electrons. The highest BCUT2D eigenvalue weighted by Crippen LogP contribution is 2.39. The lowest BCUT2D eigenvalue weighted by atomic mass is 9.81. The molecule has 25 nitrogen and oxygen atoms in total. The van der Waals surface area contributed by atoms with Crippen LogP contribution in [0.1, 0.15) is 193 Å². The SMILES string of the molecule is CC(C)CCOC[C@@H]1NC(=O)[C@H](CC(C)C)N(C)C(=O)C[C@@H](C(=O)N2CCCCC2)N(C)C(=O)[C@H](C2CCCCC2)N(C)C(=O)C2(CCCC2)NC(=O)[C@@H]2CCCN2C(=O)[C@H](CCc2ccc(C(F)(F)F)c(Cl)c2)NC(=O)CN(C)C(=O)[C@H](CC2CCCCC2)N(C)C(=O)CN(C)C(=O)CN(C)C1=O. The number of hydrogen-bond donors (Lipinski definition) is 3. The first-order chi connectivity index (χ1) is 49.1. The first-order valence-corrected chi connectivity index (χ1v) is 38.3. The van der Waals surface area contributed by atoms with Gasteiger partial charge in [-0.1, -0.05) is 110 Å². The molecule has 6 aliphatic rings. The lowest BCUT2D eigenvalue weighted by Crippen LogP contribution is -2.65. The van der Waals surface area contributed by atoms with Gasteiger partial charge in [-0.05, 0) is 131 Å². The van der Waals surface area contributed by atoms with Gasteiger partial charge in [0.2, 0.25) is 70.9 Å². The van der Waals surface area contributed by atoms with Crippen LogP contribution in [0.15, 0.2) is 18.2 Å². The highest BCUT2D eigenvalue weighted by atomic mass is 35.5. The van der Waals surface area contributed by atoms with Crippen molar-refractivity contribution in [1.29, 1.82) is 0 Å². The summed E-state index contributed by atoms with van der Waals surface area (Å²) in [7, 11) is 9.94. The number of likely N-dealkylation sites (N-methyl/N-ethyl adjacent to an activating group) is 7.